The van der Waals surface area contributed by atoms with Crippen LogP contribution in [-0.2, 0) is 9.53 Å². The lowest BCUT2D eigenvalue weighted by molar-refractivity contribution is -0.135. The van der Waals surface area contributed by atoms with Gasteiger partial charge in [-0.25, -0.2) is 4.79 Å². The summed E-state index contributed by atoms with van der Waals surface area (Å²) in [6, 6.07) is 25.8. The lowest BCUT2D eigenvalue weighted by atomic mass is 10.1. The van der Waals surface area contributed by atoms with Crippen molar-refractivity contribution in [2.45, 2.75) is 11.8 Å². The molecule has 0 fully saturated rings. The van der Waals surface area contributed by atoms with Crippen molar-refractivity contribution in [1.29, 1.82) is 0 Å². The molecular weight excluding hydrogens is 392 g/mol. The van der Waals surface area contributed by atoms with E-state index in [2.05, 4.69) is 31.2 Å². The van der Waals surface area contributed by atoms with E-state index in [1.165, 1.54) is 24.4 Å². The lowest BCUT2D eigenvalue weighted by Crippen LogP contribution is -2.06. The third-order valence-corrected chi connectivity index (χ3v) is 5.51. The largest absolute Gasteiger partial charge is 0.497 e. The number of aryl methyl sites for hydroxylation is 1. The van der Waals surface area contributed by atoms with Crippen molar-refractivity contribution in [3.8, 4) is 5.75 Å². The van der Waals surface area contributed by atoms with Crippen molar-refractivity contribution >= 4 is 29.9 Å². The van der Waals surface area contributed by atoms with Gasteiger partial charge in [0.25, 0.3) is 0 Å². The first-order chi connectivity index (χ1) is 14.6. The number of benzene rings is 3. The van der Waals surface area contributed by atoms with Crippen LogP contribution >= 0.6 is 11.8 Å². The summed E-state index contributed by atoms with van der Waals surface area (Å²) in [5.74, 6) is 0.383. The lowest BCUT2D eigenvalue weighted by Gasteiger charge is -2.12. The first-order valence-electron chi connectivity index (χ1n) is 9.55. The van der Waals surface area contributed by atoms with Gasteiger partial charge in [0.15, 0.2) is 0 Å². The van der Waals surface area contributed by atoms with Crippen molar-refractivity contribution in [1.82, 2.24) is 0 Å². The molecule has 3 aromatic rings. The number of thioether (sulfide) groups is 1. The minimum Gasteiger partial charge on any atom is -0.497 e. The topological polar surface area (TPSA) is 35.5 Å². The first-order valence-corrected chi connectivity index (χ1v) is 10.4. The van der Waals surface area contributed by atoms with Crippen LogP contribution in [0.2, 0.25) is 0 Å². The number of hydrogen-bond donors (Lipinski definition) is 0. The minimum atomic E-state index is -0.382. The van der Waals surface area contributed by atoms with Crippen LogP contribution in [0.15, 0.2) is 94.2 Å². The first kappa shape index (κ1) is 21.5. The van der Waals surface area contributed by atoms with Gasteiger partial charge < -0.3 is 9.47 Å². The Morgan fingerprint density at radius 1 is 0.800 bits per heavy atom. The summed E-state index contributed by atoms with van der Waals surface area (Å²) in [6.45, 7) is 2.05. The maximum atomic E-state index is 12.7. The van der Waals surface area contributed by atoms with Crippen molar-refractivity contribution in [2.24, 2.45) is 0 Å². The minimum absolute atomic E-state index is 0.382. The third kappa shape index (κ3) is 5.88. The van der Waals surface area contributed by atoms with Crippen molar-refractivity contribution in [3.05, 3.63) is 106 Å². The van der Waals surface area contributed by atoms with E-state index in [1.807, 2.05) is 66.7 Å². The van der Waals surface area contributed by atoms with Gasteiger partial charge in [0, 0.05) is 9.80 Å². The van der Waals surface area contributed by atoms with Crippen LogP contribution in [0.25, 0.3) is 12.2 Å². The molecule has 3 nitrogen and oxygen atoms in total. The second kappa shape index (κ2) is 10.5. The molecule has 3 rings (SSSR count). The molecular formula is C26H24O3S. The van der Waals surface area contributed by atoms with Crippen LogP contribution in [0.4, 0.5) is 0 Å². The number of methoxy groups -OCH3 is 2. The van der Waals surface area contributed by atoms with E-state index in [0.29, 0.717) is 5.57 Å². The zero-order valence-corrected chi connectivity index (χ0v) is 18.1. The molecule has 0 spiro atoms. The molecule has 4 heteroatoms. The summed E-state index contributed by atoms with van der Waals surface area (Å²) in [6.07, 6.45) is 3.86. The van der Waals surface area contributed by atoms with Crippen molar-refractivity contribution in [3.63, 3.8) is 0 Å². The SMILES string of the molecule is COC(=O)C(=C/c1ccc(OC)cc1)/C(=C\c1ccccc1)Sc1ccc(C)cc1. The fraction of sp³-hybridized carbons (Fsp3) is 0.115. The van der Waals surface area contributed by atoms with Crippen LogP contribution in [-0.4, -0.2) is 20.2 Å². The fourth-order valence-electron chi connectivity index (χ4n) is 2.80. The van der Waals surface area contributed by atoms with E-state index >= 15 is 0 Å². The summed E-state index contributed by atoms with van der Waals surface area (Å²) < 4.78 is 10.3. The van der Waals surface area contributed by atoms with Crippen LogP contribution in [0.5, 0.6) is 5.75 Å². The molecule has 0 aliphatic rings. The number of ether oxygens (including phenoxy) is 2. The molecule has 0 aromatic heterocycles. The van der Waals surface area contributed by atoms with Gasteiger partial charge >= 0.3 is 5.97 Å². The van der Waals surface area contributed by atoms with Crippen LogP contribution in [0.1, 0.15) is 16.7 Å². The molecule has 0 saturated carbocycles. The van der Waals surface area contributed by atoms with Gasteiger partial charge in [-0.1, -0.05) is 71.9 Å². The Kier molecular flexibility index (Phi) is 7.52. The molecule has 0 atom stereocenters. The average molecular weight is 417 g/mol. The average Bonchev–Trinajstić information content (AvgIpc) is 2.79. The van der Waals surface area contributed by atoms with Crippen molar-refractivity contribution < 1.29 is 14.3 Å². The highest BCUT2D eigenvalue weighted by molar-refractivity contribution is 8.03. The molecule has 0 heterocycles. The number of rotatable bonds is 7. The maximum Gasteiger partial charge on any atom is 0.339 e. The van der Waals surface area contributed by atoms with Gasteiger partial charge in [0.2, 0.25) is 0 Å². The Hall–Kier alpha value is -3.24. The molecule has 3 aromatic carbocycles. The summed E-state index contributed by atoms with van der Waals surface area (Å²) >= 11 is 1.54. The monoisotopic (exact) mass is 416 g/mol. The quantitative estimate of drug-likeness (QED) is 0.193. The Morgan fingerprint density at radius 2 is 1.43 bits per heavy atom. The zero-order valence-electron chi connectivity index (χ0n) is 17.3. The standard InChI is InChI=1S/C26H24O3S/c1-19-9-15-23(16-10-19)30-25(18-20-7-5-4-6-8-20)24(26(27)29-3)17-21-11-13-22(28-2)14-12-21/h4-18H,1-3H3/b24-17+,25-18+. The molecule has 0 unspecified atom stereocenters. The maximum absolute atomic E-state index is 12.7. The molecule has 0 saturated heterocycles. The zero-order chi connectivity index (χ0) is 21.3. The third-order valence-electron chi connectivity index (χ3n) is 4.44. The van der Waals surface area contributed by atoms with E-state index in [4.69, 9.17) is 9.47 Å². The van der Waals surface area contributed by atoms with Crippen LogP contribution < -0.4 is 4.74 Å². The predicted molar refractivity (Wildman–Crippen MR) is 124 cm³/mol. The summed E-state index contributed by atoms with van der Waals surface area (Å²) in [4.78, 5) is 14.6. The van der Waals surface area contributed by atoms with E-state index in [0.717, 1.165) is 26.7 Å². The number of carbonyl (C=O) groups excluding carboxylic acids is 1. The summed E-state index contributed by atoms with van der Waals surface area (Å²) in [5.41, 5.74) is 3.59. The van der Waals surface area contributed by atoms with Crippen LogP contribution in [0.3, 0.4) is 0 Å². The smallest absolute Gasteiger partial charge is 0.339 e. The second-order valence-corrected chi connectivity index (χ2v) is 7.77. The van der Waals surface area contributed by atoms with Crippen molar-refractivity contribution in [2.75, 3.05) is 14.2 Å². The van der Waals surface area contributed by atoms with Gasteiger partial charge in [-0.15, -0.1) is 0 Å². The Morgan fingerprint density at radius 3 is 2.03 bits per heavy atom. The highest BCUT2D eigenvalue weighted by atomic mass is 32.2. The fourth-order valence-corrected chi connectivity index (χ4v) is 3.78. The van der Waals surface area contributed by atoms with Gasteiger partial charge in [-0.05, 0) is 54.5 Å². The Labute approximate surface area is 182 Å². The molecule has 0 aliphatic carbocycles. The van der Waals surface area contributed by atoms with E-state index in [-0.39, 0.29) is 5.97 Å². The Bertz CT molecular complexity index is 1030. The number of esters is 1. The summed E-state index contributed by atoms with van der Waals surface area (Å²) in [5, 5.41) is 0. The molecule has 152 valence electrons. The molecule has 0 radical (unpaired) electrons. The normalized spacial score (nSPS) is 11.8. The van der Waals surface area contributed by atoms with Gasteiger partial charge in [-0.2, -0.15) is 0 Å². The number of carbonyl (C=O) groups is 1. The molecule has 0 amide bonds. The van der Waals surface area contributed by atoms with Gasteiger partial charge in [0.1, 0.15) is 5.75 Å². The molecule has 0 bridgehead atoms. The summed E-state index contributed by atoms with van der Waals surface area (Å²) in [7, 11) is 3.03. The van der Waals surface area contributed by atoms with E-state index in [9.17, 15) is 4.79 Å². The van der Waals surface area contributed by atoms with Gasteiger partial charge in [-0.3, -0.25) is 0 Å². The highest BCUT2D eigenvalue weighted by Crippen LogP contribution is 2.35. The van der Waals surface area contributed by atoms with Gasteiger partial charge in [0.05, 0.1) is 19.8 Å². The molecule has 0 aliphatic heterocycles. The Balaban J connectivity index is 2.07. The van der Waals surface area contributed by atoms with Crippen LogP contribution in [0, 0.1) is 6.92 Å². The molecule has 30 heavy (non-hydrogen) atoms. The second-order valence-electron chi connectivity index (χ2n) is 6.66. The van der Waals surface area contributed by atoms with E-state index < -0.39 is 0 Å². The van der Waals surface area contributed by atoms with E-state index in [1.54, 1.807) is 7.11 Å². The predicted octanol–water partition coefficient (Wildman–Crippen LogP) is 6.39. The molecule has 0 N–H and O–H groups in total. The number of hydrogen-bond acceptors (Lipinski definition) is 4. The highest BCUT2D eigenvalue weighted by Gasteiger charge is 2.17.